The quantitative estimate of drug-likeness (QED) is 0.289. The molecule has 0 aliphatic carbocycles. The second-order valence-corrected chi connectivity index (χ2v) is 5.55. The predicted molar refractivity (Wildman–Crippen MR) is 30.1 cm³/mol. The van der Waals surface area contributed by atoms with Crippen LogP contribution in [0.2, 0.25) is 0 Å². The van der Waals surface area contributed by atoms with Gasteiger partial charge in [0.2, 0.25) is 0 Å². The summed E-state index contributed by atoms with van der Waals surface area (Å²) in [4.78, 5) is 0. The third-order valence-corrected chi connectivity index (χ3v) is 3.29. The molecule has 1 aliphatic heterocycles. The van der Waals surface area contributed by atoms with E-state index in [4.69, 9.17) is 0 Å². The number of hydrogen-bond acceptors (Lipinski definition) is 0. The summed E-state index contributed by atoms with van der Waals surface area (Å²) < 4.78 is 2.54. The van der Waals surface area contributed by atoms with Crippen LogP contribution in [0.5, 0.6) is 0 Å². The van der Waals surface area contributed by atoms with Crippen LogP contribution in [0.3, 0.4) is 0 Å². The van der Waals surface area contributed by atoms with Gasteiger partial charge < -0.3 is 0 Å². The van der Waals surface area contributed by atoms with E-state index >= 15 is 0 Å². The SMILES string of the molecule is CC([NH3+])C=CC1C[I-]1. The van der Waals surface area contributed by atoms with Crippen LogP contribution in [0.1, 0.15) is 6.92 Å². The van der Waals surface area contributed by atoms with Crippen molar-refractivity contribution in [1.29, 1.82) is 0 Å². The molecule has 0 amide bonds. The van der Waals surface area contributed by atoms with Gasteiger partial charge in [-0.15, -0.1) is 0 Å². The number of hydrogen-bond donors (Lipinski definition) is 1. The fraction of sp³-hybridized carbons (Fsp3) is 0.667. The summed E-state index contributed by atoms with van der Waals surface area (Å²) in [5.74, 6) is 0. The first-order valence-corrected chi connectivity index (χ1v) is 5.65. The van der Waals surface area contributed by atoms with Crippen molar-refractivity contribution in [1.82, 2.24) is 0 Å². The van der Waals surface area contributed by atoms with Gasteiger partial charge in [-0.05, 0) is 0 Å². The van der Waals surface area contributed by atoms with Crippen molar-refractivity contribution in [3.05, 3.63) is 12.2 Å². The van der Waals surface area contributed by atoms with Gasteiger partial charge in [0.05, 0.1) is 0 Å². The number of allylic oxidation sites excluding steroid dienone is 1. The molecule has 1 heterocycles. The van der Waals surface area contributed by atoms with Gasteiger partial charge in [-0.3, -0.25) is 0 Å². The molecule has 0 aromatic rings. The average Bonchev–Trinajstić information content (AvgIpc) is 2.41. The fourth-order valence-corrected chi connectivity index (χ4v) is 1.59. The molecule has 2 heteroatoms. The molecular weight excluding hydrogens is 213 g/mol. The van der Waals surface area contributed by atoms with E-state index in [-0.39, 0.29) is 0 Å². The second-order valence-electron chi connectivity index (χ2n) is 2.19. The Morgan fingerprint density at radius 2 is 2.50 bits per heavy atom. The Labute approximate surface area is 60.6 Å². The van der Waals surface area contributed by atoms with E-state index in [1.807, 2.05) is 0 Å². The summed E-state index contributed by atoms with van der Waals surface area (Å²) in [7, 11) is 0. The molecule has 2 unspecified atom stereocenters. The van der Waals surface area contributed by atoms with E-state index in [9.17, 15) is 0 Å². The van der Waals surface area contributed by atoms with Crippen LogP contribution in [0.4, 0.5) is 0 Å². The van der Waals surface area contributed by atoms with Crippen molar-refractivity contribution in [3.8, 4) is 0 Å². The Morgan fingerprint density at radius 1 is 1.88 bits per heavy atom. The van der Waals surface area contributed by atoms with Crippen LogP contribution >= 0.6 is 0 Å². The zero-order valence-electron chi connectivity index (χ0n) is 5.10. The van der Waals surface area contributed by atoms with Crippen LogP contribution in [-0.4, -0.2) is 14.4 Å². The summed E-state index contributed by atoms with van der Waals surface area (Å²) in [5, 5.41) is 0. The van der Waals surface area contributed by atoms with Crippen LogP contribution in [0, 0.1) is 0 Å². The first kappa shape index (κ1) is 6.55. The summed E-state index contributed by atoms with van der Waals surface area (Å²) in [6.45, 7) is 2.12. The standard InChI is InChI=1S/C6H11IN/c1-5(8)2-3-6-4-7-6/h2-3,5-6H,4,8H2,1H3/q-1/p+1. The maximum atomic E-state index is 3.86. The van der Waals surface area contributed by atoms with E-state index in [1.165, 1.54) is 4.43 Å². The molecule has 3 N–H and O–H groups in total. The number of halogens is 1. The van der Waals surface area contributed by atoms with Gasteiger partial charge in [0, 0.05) is 0 Å². The van der Waals surface area contributed by atoms with Gasteiger partial charge in [0.1, 0.15) is 0 Å². The van der Waals surface area contributed by atoms with Crippen molar-refractivity contribution >= 4 is 0 Å². The molecule has 1 nitrogen and oxygen atoms in total. The molecule has 0 aromatic heterocycles. The average molecular weight is 225 g/mol. The minimum absolute atomic E-state index is 0.514. The molecule has 1 aliphatic rings. The molecule has 1 fully saturated rings. The Bertz CT molecular complexity index is 90.7. The van der Waals surface area contributed by atoms with Gasteiger partial charge in [-0.2, -0.15) is 0 Å². The van der Waals surface area contributed by atoms with E-state index in [0.717, 1.165) is 3.92 Å². The van der Waals surface area contributed by atoms with Gasteiger partial charge in [-0.25, -0.2) is 0 Å². The number of quaternary nitrogens is 1. The number of rotatable bonds is 2. The Balaban J connectivity index is 2.13. The van der Waals surface area contributed by atoms with Crippen LogP contribution in [0.25, 0.3) is 0 Å². The van der Waals surface area contributed by atoms with Gasteiger partial charge >= 0.3 is 60.4 Å². The Hall–Kier alpha value is 0.430. The van der Waals surface area contributed by atoms with Crippen molar-refractivity contribution < 1.29 is 26.9 Å². The fourth-order valence-electron chi connectivity index (χ4n) is 0.465. The topological polar surface area (TPSA) is 27.6 Å². The van der Waals surface area contributed by atoms with Crippen LogP contribution in [-0.2, 0) is 0 Å². The Morgan fingerprint density at radius 3 is 2.88 bits per heavy atom. The third-order valence-electron chi connectivity index (χ3n) is 0.981. The van der Waals surface area contributed by atoms with Gasteiger partial charge in [-0.1, -0.05) is 0 Å². The molecule has 8 heavy (non-hydrogen) atoms. The molecule has 1 saturated heterocycles. The van der Waals surface area contributed by atoms with Crippen LogP contribution < -0.4 is 26.9 Å². The molecule has 0 bridgehead atoms. The summed E-state index contributed by atoms with van der Waals surface area (Å²) >= 11 is 0.628. The van der Waals surface area contributed by atoms with E-state index in [0.29, 0.717) is 27.2 Å². The van der Waals surface area contributed by atoms with Crippen LogP contribution in [0.15, 0.2) is 12.2 Å². The molecule has 0 aromatic carbocycles. The van der Waals surface area contributed by atoms with Crippen molar-refractivity contribution in [2.24, 2.45) is 0 Å². The molecule has 48 valence electrons. The molecular formula is C6H12IN. The second kappa shape index (κ2) is 2.82. The summed E-state index contributed by atoms with van der Waals surface area (Å²) in [5.41, 5.74) is 3.86. The monoisotopic (exact) mass is 225 g/mol. The molecule has 0 radical (unpaired) electrons. The normalized spacial score (nSPS) is 32.0. The van der Waals surface area contributed by atoms with E-state index in [1.54, 1.807) is 0 Å². The van der Waals surface area contributed by atoms with Crippen molar-refractivity contribution in [3.63, 3.8) is 0 Å². The first-order valence-electron chi connectivity index (χ1n) is 2.88. The van der Waals surface area contributed by atoms with Crippen molar-refractivity contribution in [2.75, 3.05) is 4.43 Å². The summed E-state index contributed by atoms with van der Waals surface area (Å²) in [6.07, 6.45) is 4.56. The zero-order chi connectivity index (χ0) is 5.98. The summed E-state index contributed by atoms with van der Waals surface area (Å²) in [6, 6.07) is 0.514. The van der Waals surface area contributed by atoms with Gasteiger partial charge in [0.15, 0.2) is 0 Å². The van der Waals surface area contributed by atoms with E-state index < -0.39 is 0 Å². The molecule has 2 atom stereocenters. The minimum atomic E-state index is 0.514. The zero-order valence-corrected chi connectivity index (χ0v) is 7.26. The molecule has 1 rings (SSSR count). The first-order chi connectivity index (χ1) is 3.79. The maximum absolute atomic E-state index is 3.86. The predicted octanol–water partition coefficient (Wildman–Crippen LogP) is -3.36. The van der Waals surface area contributed by atoms with Crippen molar-refractivity contribution in [2.45, 2.75) is 16.9 Å². The number of alkyl halides is 2. The third kappa shape index (κ3) is 2.67. The van der Waals surface area contributed by atoms with E-state index in [2.05, 4.69) is 24.8 Å². The molecule has 0 spiro atoms. The Kier molecular flexibility index (Phi) is 2.31. The van der Waals surface area contributed by atoms with Gasteiger partial charge in [0.25, 0.3) is 0 Å². The molecule has 0 saturated carbocycles.